The zero-order chi connectivity index (χ0) is 23.2. The highest BCUT2D eigenvalue weighted by atomic mass is 14.9. The Kier molecular flexibility index (Phi) is 6.94. The maximum atomic E-state index is 4.80. The zero-order valence-electron chi connectivity index (χ0n) is 19.5. The van der Waals surface area contributed by atoms with Crippen molar-refractivity contribution in [3.63, 3.8) is 0 Å². The molecule has 4 nitrogen and oxygen atoms in total. The van der Waals surface area contributed by atoms with Gasteiger partial charge in [0.2, 0.25) is 0 Å². The van der Waals surface area contributed by atoms with Crippen molar-refractivity contribution in [1.82, 2.24) is 15.3 Å². The lowest BCUT2D eigenvalue weighted by atomic mass is 10.1. The fourth-order valence-electron chi connectivity index (χ4n) is 3.87. The summed E-state index contributed by atoms with van der Waals surface area (Å²) in [7, 11) is 0. The molecule has 168 valence electrons. The normalized spacial score (nSPS) is 10.8. The Morgan fingerprint density at radius 3 is 2.58 bits per heavy atom. The lowest BCUT2D eigenvalue weighted by molar-refractivity contribution is 0.736. The summed E-state index contributed by atoms with van der Waals surface area (Å²) in [4.78, 5) is 8.29. The molecule has 0 aliphatic rings. The number of H-pyrrole nitrogens is 1. The molecule has 3 N–H and O–H groups in total. The summed E-state index contributed by atoms with van der Waals surface area (Å²) in [5.74, 6) is 0.903. The maximum Gasteiger partial charge on any atom is 0.138 e. The maximum absolute atomic E-state index is 4.80. The molecule has 0 spiro atoms. The Bertz CT molecular complexity index is 1260. The van der Waals surface area contributed by atoms with Gasteiger partial charge in [-0.3, -0.25) is 0 Å². The van der Waals surface area contributed by atoms with Gasteiger partial charge in [0.05, 0.1) is 11.0 Å². The first kappa shape index (κ1) is 22.4. The number of hydrogen-bond acceptors (Lipinski definition) is 3. The van der Waals surface area contributed by atoms with E-state index in [9.17, 15) is 0 Å². The van der Waals surface area contributed by atoms with Crippen LogP contribution in [0, 0.1) is 13.8 Å². The van der Waals surface area contributed by atoms with E-state index < -0.39 is 0 Å². The molecule has 1 aromatic heterocycles. The van der Waals surface area contributed by atoms with Gasteiger partial charge in [-0.15, -0.1) is 0 Å². The van der Waals surface area contributed by atoms with E-state index in [2.05, 4.69) is 103 Å². The molecule has 0 bridgehead atoms. The molecule has 4 heteroatoms. The van der Waals surface area contributed by atoms with E-state index in [0.717, 1.165) is 54.0 Å². The molecule has 0 amide bonds. The van der Waals surface area contributed by atoms with E-state index in [0.29, 0.717) is 0 Å². The van der Waals surface area contributed by atoms with Crippen molar-refractivity contribution in [2.24, 2.45) is 0 Å². The third-order valence-corrected chi connectivity index (χ3v) is 5.89. The van der Waals surface area contributed by atoms with Crippen molar-refractivity contribution in [3.05, 3.63) is 108 Å². The van der Waals surface area contributed by atoms with Crippen molar-refractivity contribution >= 4 is 16.7 Å². The Labute approximate surface area is 196 Å². The third-order valence-electron chi connectivity index (χ3n) is 5.89. The number of nitrogens with zero attached hydrogens (tertiary/aromatic N) is 1. The van der Waals surface area contributed by atoms with Crippen LogP contribution in [0.5, 0.6) is 0 Å². The van der Waals surface area contributed by atoms with Gasteiger partial charge in [0, 0.05) is 30.0 Å². The number of hydrogen-bond donors (Lipinski definition) is 3. The predicted molar refractivity (Wildman–Crippen MR) is 140 cm³/mol. The Balaban J connectivity index is 1.40. The van der Waals surface area contributed by atoms with Crippen LogP contribution in [0.3, 0.4) is 0 Å². The highest BCUT2D eigenvalue weighted by Crippen LogP contribution is 2.23. The molecular weight excluding hydrogens is 404 g/mol. The van der Waals surface area contributed by atoms with Crippen molar-refractivity contribution in [3.8, 4) is 11.4 Å². The van der Waals surface area contributed by atoms with Crippen LogP contribution in [0.2, 0.25) is 0 Å². The fraction of sp³-hybridized carbons (Fsp3) is 0.207. The van der Waals surface area contributed by atoms with E-state index in [1.165, 1.54) is 27.9 Å². The second-order valence-corrected chi connectivity index (χ2v) is 8.57. The summed E-state index contributed by atoms with van der Waals surface area (Å²) in [5, 5.41) is 6.81. The van der Waals surface area contributed by atoms with Crippen LogP contribution in [0.1, 0.15) is 28.7 Å². The minimum atomic E-state index is 0.776. The molecule has 0 saturated carbocycles. The average molecular weight is 437 g/mol. The molecule has 1 heterocycles. The number of allylic oxidation sites excluding steroid dienone is 1. The Hall–Kier alpha value is -3.79. The summed E-state index contributed by atoms with van der Waals surface area (Å²) in [5.41, 5.74) is 10.3. The van der Waals surface area contributed by atoms with Crippen molar-refractivity contribution < 1.29 is 0 Å². The first-order chi connectivity index (χ1) is 16.0. The van der Waals surface area contributed by atoms with Gasteiger partial charge in [0.25, 0.3) is 0 Å². The second kappa shape index (κ2) is 10.2. The lowest BCUT2D eigenvalue weighted by Crippen LogP contribution is -2.12. The van der Waals surface area contributed by atoms with Gasteiger partial charge in [-0.05, 0) is 73.2 Å². The van der Waals surface area contributed by atoms with Gasteiger partial charge in [-0.25, -0.2) is 4.98 Å². The van der Waals surface area contributed by atoms with Crippen molar-refractivity contribution in [2.45, 2.75) is 33.2 Å². The smallest absolute Gasteiger partial charge is 0.138 e. The number of benzene rings is 3. The summed E-state index contributed by atoms with van der Waals surface area (Å²) < 4.78 is 0. The van der Waals surface area contributed by atoms with Crippen LogP contribution in [0.4, 0.5) is 5.69 Å². The zero-order valence-corrected chi connectivity index (χ0v) is 19.5. The Morgan fingerprint density at radius 1 is 1.00 bits per heavy atom. The summed E-state index contributed by atoms with van der Waals surface area (Å²) in [6.45, 7) is 13.5. The van der Waals surface area contributed by atoms with Gasteiger partial charge < -0.3 is 15.6 Å². The topological polar surface area (TPSA) is 52.7 Å². The third kappa shape index (κ3) is 5.72. The predicted octanol–water partition coefficient (Wildman–Crippen LogP) is 6.68. The first-order valence-electron chi connectivity index (χ1n) is 11.5. The van der Waals surface area contributed by atoms with Gasteiger partial charge in [0.15, 0.2) is 0 Å². The molecular formula is C29H32N4. The number of anilines is 1. The number of aromatic amines is 1. The molecule has 0 fully saturated rings. The van der Waals surface area contributed by atoms with Crippen molar-refractivity contribution in [1.29, 1.82) is 0 Å². The summed E-state index contributed by atoms with van der Waals surface area (Å²) in [6.07, 6.45) is 3.82. The number of nitrogens with one attached hydrogen (secondary N) is 3. The van der Waals surface area contributed by atoms with Crippen LogP contribution in [-0.2, 0) is 13.0 Å². The Morgan fingerprint density at radius 2 is 1.79 bits per heavy atom. The largest absolute Gasteiger partial charge is 0.386 e. The molecule has 4 aromatic rings. The molecule has 0 saturated heterocycles. The number of aromatic nitrogens is 2. The van der Waals surface area contributed by atoms with Crippen LogP contribution in [0.15, 0.2) is 85.6 Å². The summed E-state index contributed by atoms with van der Waals surface area (Å²) in [6, 6.07) is 21.6. The average Bonchev–Trinajstić information content (AvgIpc) is 3.26. The minimum Gasteiger partial charge on any atom is -0.386 e. The molecule has 33 heavy (non-hydrogen) atoms. The van der Waals surface area contributed by atoms with E-state index in [1.54, 1.807) is 6.08 Å². The number of rotatable bonds is 10. The number of imidazole rings is 1. The molecule has 0 unspecified atom stereocenters. The molecule has 4 rings (SSSR count). The number of aryl methyl sites for hydroxylation is 3. The van der Waals surface area contributed by atoms with E-state index in [4.69, 9.17) is 4.98 Å². The van der Waals surface area contributed by atoms with E-state index in [-0.39, 0.29) is 0 Å². The fourth-order valence-corrected chi connectivity index (χ4v) is 3.87. The second-order valence-electron chi connectivity index (χ2n) is 8.57. The minimum absolute atomic E-state index is 0.776. The van der Waals surface area contributed by atoms with E-state index in [1.807, 2.05) is 0 Å². The monoisotopic (exact) mass is 436 g/mol. The number of fused-ring (bicyclic) bond motifs is 1. The molecule has 3 aromatic carbocycles. The molecule has 0 atom stereocenters. The highest BCUT2D eigenvalue weighted by molar-refractivity contribution is 5.80. The van der Waals surface area contributed by atoms with Crippen LogP contribution < -0.4 is 10.6 Å². The highest BCUT2D eigenvalue weighted by Gasteiger charge is 2.07. The van der Waals surface area contributed by atoms with Crippen LogP contribution in [-0.4, -0.2) is 16.5 Å². The van der Waals surface area contributed by atoms with Gasteiger partial charge in [-0.2, -0.15) is 0 Å². The molecule has 0 aliphatic heterocycles. The van der Waals surface area contributed by atoms with Gasteiger partial charge in [-0.1, -0.05) is 55.6 Å². The quantitative estimate of drug-likeness (QED) is 0.192. The van der Waals surface area contributed by atoms with Crippen LogP contribution in [0.25, 0.3) is 22.4 Å². The SMILES string of the molecule is C=CC(=C)NCCCc1ccc(-c2nc3ccc(CNc4cc(C)ccc4C)cc3[nH]2)cc1. The summed E-state index contributed by atoms with van der Waals surface area (Å²) >= 11 is 0. The lowest BCUT2D eigenvalue weighted by Gasteiger charge is -2.10. The molecule has 0 aliphatic carbocycles. The first-order valence-corrected chi connectivity index (χ1v) is 11.5. The standard InChI is InChI=1S/C29H32N4/c1-5-22(4)30-16-6-7-23-10-13-25(14-11-23)29-32-26-15-12-24(18-28(26)33-29)19-31-27-17-20(2)8-9-21(27)3/h5,8-15,17-18,30-31H,1,4,6-7,16,19H2,2-3H3,(H,32,33). The van der Waals surface area contributed by atoms with Crippen LogP contribution >= 0.6 is 0 Å². The molecule has 0 radical (unpaired) electrons. The van der Waals surface area contributed by atoms with Gasteiger partial charge >= 0.3 is 0 Å². The van der Waals surface area contributed by atoms with Crippen molar-refractivity contribution in [2.75, 3.05) is 11.9 Å². The van der Waals surface area contributed by atoms with E-state index >= 15 is 0 Å². The van der Waals surface area contributed by atoms with Gasteiger partial charge in [0.1, 0.15) is 5.82 Å².